The molecular formula is C14H20N4O2S. The molecule has 21 heavy (non-hydrogen) atoms. The molecule has 0 aliphatic carbocycles. The summed E-state index contributed by atoms with van der Waals surface area (Å²) in [5.41, 5.74) is 0.731. The molecule has 1 N–H and O–H groups in total. The van der Waals surface area contributed by atoms with Crippen LogP contribution in [0.5, 0.6) is 0 Å². The zero-order valence-corrected chi connectivity index (χ0v) is 13.3. The minimum atomic E-state index is -0.133. The standard InChI is InChI=1S/C14H20N4O2S/c1-4-17(9-12(19)15-10(2)3)13(20)7-11-8-18-5-6-21-14(18)16-11/h5-6,8,10H,4,7,9H2,1-3H3,(H,15,19). The van der Waals surface area contributed by atoms with Crippen LogP contribution in [0.1, 0.15) is 26.5 Å². The first-order valence-corrected chi connectivity index (χ1v) is 7.85. The Labute approximate surface area is 127 Å². The first kappa shape index (κ1) is 15.5. The SMILES string of the molecule is CCN(CC(=O)NC(C)C)C(=O)Cc1cn2ccsc2n1. The van der Waals surface area contributed by atoms with E-state index in [9.17, 15) is 9.59 Å². The van der Waals surface area contributed by atoms with Crippen LogP contribution in [0.25, 0.3) is 4.96 Å². The van der Waals surface area contributed by atoms with Crippen molar-refractivity contribution in [2.45, 2.75) is 33.2 Å². The number of hydrogen-bond donors (Lipinski definition) is 1. The highest BCUT2D eigenvalue weighted by Crippen LogP contribution is 2.12. The van der Waals surface area contributed by atoms with Crippen LogP contribution >= 0.6 is 11.3 Å². The Morgan fingerprint density at radius 3 is 2.86 bits per heavy atom. The zero-order chi connectivity index (χ0) is 15.4. The summed E-state index contributed by atoms with van der Waals surface area (Å²) < 4.78 is 1.90. The number of aromatic nitrogens is 2. The molecule has 0 radical (unpaired) electrons. The molecule has 0 fully saturated rings. The molecule has 0 atom stereocenters. The summed E-state index contributed by atoms with van der Waals surface area (Å²) in [6.45, 7) is 6.26. The third-order valence-electron chi connectivity index (χ3n) is 2.99. The molecule has 0 unspecified atom stereocenters. The molecule has 0 aromatic carbocycles. The molecule has 2 aromatic rings. The predicted molar refractivity (Wildman–Crippen MR) is 82.3 cm³/mol. The topological polar surface area (TPSA) is 66.7 Å². The molecule has 2 amide bonds. The molecule has 114 valence electrons. The smallest absolute Gasteiger partial charge is 0.239 e. The Balaban J connectivity index is 1.96. The van der Waals surface area contributed by atoms with Crippen molar-refractivity contribution in [2.75, 3.05) is 13.1 Å². The van der Waals surface area contributed by atoms with E-state index in [1.165, 1.54) is 11.3 Å². The van der Waals surface area contributed by atoms with Crippen molar-refractivity contribution in [3.63, 3.8) is 0 Å². The molecule has 0 saturated carbocycles. The average molecular weight is 308 g/mol. The molecule has 0 bridgehead atoms. The Morgan fingerprint density at radius 1 is 1.48 bits per heavy atom. The normalized spacial score (nSPS) is 11.0. The van der Waals surface area contributed by atoms with Gasteiger partial charge in [0.2, 0.25) is 11.8 Å². The van der Waals surface area contributed by atoms with Crippen LogP contribution in [0.4, 0.5) is 0 Å². The number of nitrogens with zero attached hydrogens (tertiary/aromatic N) is 3. The third kappa shape index (κ3) is 4.04. The molecular weight excluding hydrogens is 288 g/mol. The van der Waals surface area contributed by atoms with E-state index in [4.69, 9.17) is 0 Å². The first-order chi connectivity index (χ1) is 9.99. The van der Waals surface area contributed by atoms with Gasteiger partial charge < -0.3 is 10.2 Å². The molecule has 0 aliphatic heterocycles. The van der Waals surface area contributed by atoms with Crippen LogP contribution in [0.3, 0.4) is 0 Å². The fraction of sp³-hybridized carbons (Fsp3) is 0.500. The number of thiazole rings is 1. The number of amides is 2. The summed E-state index contributed by atoms with van der Waals surface area (Å²) in [5.74, 6) is -0.215. The minimum Gasteiger partial charge on any atom is -0.352 e. The average Bonchev–Trinajstić information content (AvgIpc) is 2.95. The fourth-order valence-electron chi connectivity index (χ4n) is 2.05. The largest absolute Gasteiger partial charge is 0.352 e. The van der Waals surface area contributed by atoms with Crippen molar-refractivity contribution in [3.05, 3.63) is 23.5 Å². The third-order valence-corrected chi connectivity index (χ3v) is 3.76. The number of rotatable bonds is 6. The number of hydrogen-bond acceptors (Lipinski definition) is 4. The summed E-state index contributed by atoms with van der Waals surface area (Å²) in [6, 6.07) is 0.0752. The van der Waals surface area contributed by atoms with E-state index in [2.05, 4.69) is 10.3 Å². The van der Waals surface area contributed by atoms with Crippen LogP contribution < -0.4 is 5.32 Å². The van der Waals surface area contributed by atoms with Crippen molar-refractivity contribution in [3.8, 4) is 0 Å². The number of likely N-dealkylation sites (N-methyl/N-ethyl adjacent to an activating group) is 1. The van der Waals surface area contributed by atoms with Gasteiger partial charge in [-0.2, -0.15) is 0 Å². The maximum atomic E-state index is 12.3. The van der Waals surface area contributed by atoms with Gasteiger partial charge in [-0.05, 0) is 20.8 Å². The predicted octanol–water partition coefficient (Wildman–Crippen LogP) is 1.31. The van der Waals surface area contributed by atoms with Gasteiger partial charge >= 0.3 is 0 Å². The van der Waals surface area contributed by atoms with Gasteiger partial charge in [0, 0.05) is 30.4 Å². The molecule has 7 heteroatoms. The Morgan fingerprint density at radius 2 is 2.24 bits per heavy atom. The number of carbonyl (C=O) groups is 2. The lowest BCUT2D eigenvalue weighted by Crippen LogP contribution is -2.43. The Bertz CT molecular complexity index is 603. The lowest BCUT2D eigenvalue weighted by molar-refractivity contribution is -0.135. The Kier molecular flexibility index (Phi) is 4.95. The van der Waals surface area contributed by atoms with Crippen LogP contribution in [-0.2, 0) is 16.0 Å². The monoisotopic (exact) mass is 308 g/mol. The highest BCUT2D eigenvalue weighted by atomic mass is 32.1. The maximum absolute atomic E-state index is 12.3. The van der Waals surface area contributed by atoms with E-state index < -0.39 is 0 Å². The second-order valence-corrected chi connectivity index (χ2v) is 6.01. The van der Waals surface area contributed by atoms with Crippen molar-refractivity contribution >= 4 is 28.1 Å². The van der Waals surface area contributed by atoms with Gasteiger partial charge in [0.25, 0.3) is 0 Å². The lowest BCUT2D eigenvalue weighted by Gasteiger charge is -2.20. The number of carbonyl (C=O) groups excluding carboxylic acids is 2. The van der Waals surface area contributed by atoms with Gasteiger partial charge in [-0.15, -0.1) is 11.3 Å². The van der Waals surface area contributed by atoms with Crippen molar-refractivity contribution < 1.29 is 9.59 Å². The highest BCUT2D eigenvalue weighted by molar-refractivity contribution is 7.15. The van der Waals surface area contributed by atoms with Gasteiger partial charge in [0.15, 0.2) is 4.96 Å². The van der Waals surface area contributed by atoms with Gasteiger partial charge in [0.05, 0.1) is 18.7 Å². The molecule has 0 aliphatic rings. The fourth-order valence-corrected chi connectivity index (χ4v) is 2.76. The van der Waals surface area contributed by atoms with Crippen LogP contribution in [0.2, 0.25) is 0 Å². The molecule has 6 nitrogen and oxygen atoms in total. The van der Waals surface area contributed by atoms with E-state index in [0.29, 0.717) is 6.54 Å². The van der Waals surface area contributed by atoms with Crippen LogP contribution in [0.15, 0.2) is 17.8 Å². The van der Waals surface area contributed by atoms with E-state index >= 15 is 0 Å². The minimum absolute atomic E-state index is 0.0752. The summed E-state index contributed by atoms with van der Waals surface area (Å²) >= 11 is 1.53. The summed E-state index contributed by atoms with van der Waals surface area (Å²) in [7, 11) is 0. The quantitative estimate of drug-likeness (QED) is 0.875. The lowest BCUT2D eigenvalue weighted by atomic mass is 10.3. The van der Waals surface area contributed by atoms with E-state index in [1.807, 2.05) is 42.9 Å². The van der Waals surface area contributed by atoms with E-state index in [-0.39, 0.29) is 30.8 Å². The van der Waals surface area contributed by atoms with Crippen LogP contribution in [0, 0.1) is 0 Å². The molecule has 2 aromatic heterocycles. The summed E-state index contributed by atoms with van der Waals surface area (Å²) in [6.07, 6.45) is 3.98. The maximum Gasteiger partial charge on any atom is 0.239 e. The first-order valence-electron chi connectivity index (χ1n) is 6.97. The Hall–Kier alpha value is -1.89. The number of fused-ring (bicyclic) bond motifs is 1. The highest BCUT2D eigenvalue weighted by Gasteiger charge is 2.17. The number of nitrogens with one attached hydrogen (secondary N) is 1. The number of imidazole rings is 1. The summed E-state index contributed by atoms with van der Waals surface area (Å²) in [4.78, 5) is 30.8. The molecule has 2 rings (SSSR count). The van der Waals surface area contributed by atoms with E-state index in [0.717, 1.165) is 10.7 Å². The second-order valence-electron chi connectivity index (χ2n) is 5.13. The van der Waals surface area contributed by atoms with Gasteiger partial charge in [-0.25, -0.2) is 4.98 Å². The summed E-state index contributed by atoms with van der Waals surface area (Å²) in [5, 5.41) is 4.74. The van der Waals surface area contributed by atoms with Gasteiger partial charge in [-0.1, -0.05) is 0 Å². The molecule has 0 spiro atoms. The van der Waals surface area contributed by atoms with Gasteiger partial charge in [-0.3, -0.25) is 14.0 Å². The van der Waals surface area contributed by atoms with Gasteiger partial charge in [0.1, 0.15) is 0 Å². The zero-order valence-electron chi connectivity index (χ0n) is 12.5. The molecule has 0 saturated heterocycles. The van der Waals surface area contributed by atoms with Crippen molar-refractivity contribution in [1.29, 1.82) is 0 Å². The van der Waals surface area contributed by atoms with E-state index in [1.54, 1.807) is 4.90 Å². The van der Waals surface area contributed by atoms with Crippen molar-refractivity contribution in [1.82, 2.24) is 19.6 Å². The van der Waals surface area contributed by atoms with Crippen molar-refractivity contribution in [2.24, 2.45) is 0 Å². The van der Waals surface area contributed by atoms with Crippen LogP contribution in [-0.4, -0.2) is 45.2 Å². The molecule has 2 heterocycles. The second kappa shape index (κ2) is 6.71.